The molecular weight excluding hydrogens is 347 g/mol. The zero-order chi connectivity index (χ0) is 18.1. The molecule has 0 unspecified atom stereocenters. The SMILES string of the molecule is Cc1c(/C=N\Nc2nc(-c3ccc(F)cc3)cs2)c2ccccc2n1C. The van der Waals surface area contributed by atoms with E-state index in [9.17, 15) is 4.39 Å². The molecule has 0 amide bonds. The fourth-order valence-electron chi connectivity index (χ4n) is 2.94. The summed E-state index contributed by atoms with van der Waals surface area (Å²) >= 11 is 1.46. The van der Waals surface area contributed by atoms with Gasteiger partial charge < -0.3 is 4.57 Å². The molecule has 0 radical (unpaired) electrons. The Labute approximate surface area is 154 Å². The maximum absolute atomic E-state index is 13.0. The summed E-state index contributed by atoms with van der Waals surface area (Å²) in [4.78, 5) is 4.50. The molecule has 26 heavy (non-hydrogen) atoms. The maximum atomic E-state index is 13.0. The minimum atomic E-state index is -0.252. The molecule has 6 heteroatoms. The number of para-hydroxylation sites is 1. The fourth-order valence-corrected chi connectivity index (χ4v) is 3.61. The van der Waals surface area contributed by atoms with Gasteiger partial charge >= 0.3 is 0 Å². The highest BCUT2D eigenvalue weighted by Gasteiger charge is 2.09. The average Bonchev–Trinajstić information content (AvgIpc) is 3.22. The van der Waals surface area contributed by atoms with Gasteiger partial charge in [0, 0.05) is 40.2 Å². The van der Waals surface area contributed by atoms with Crippen LogP contribution in [0.3, 0.4) is 0 Å². The highest BCUT2D eigenvalue weighted by molar-refractivity contribution is 7.14. The van der Waals surface area contributed by atoms with Crippen LogP contribution in [0.2, 0.25) is 0 Å². The van der Waals surface area contributed by atoms with E-state index in [1.54, 1.807) is 12.1 Å². The van der Waals surface area contributed by atoms with Crippen molar-refractivity contribution in [3.8, 4) is 11.3 Å². The zero-order valence-electron chi connectivity index (χ0n) is 14.4. The number of hydrazone groups is 1. The quantitative estimate of drug-likeness (QED) is 0.400. The smallest absolute Gasteiger partial charge is 0.203 e. The normalized spacial score (nSPS) is 11.5. The molecule has 0 saturated heterocycles. The van der Waals surface area contributed by atoms with Gasteiger partial charge in [-0.05, 0) is 37.3 Å². The summed E-state index contributed by atoms with van der Waals surface area (Å²) < 4.78 is 15.2. The second-order valence-corrected chi connectivity index (χ2v) is 6.85. The van der Waals surface area contributed by atoms with E-state index in [0.29, 0.717) is 5.13 Å². The van der Waals surface area contributed by atoms with Gasteiger partial charge in [-0.1, -0.05) is 18.2 Å². The Kier molecular flexibility index (Phi) is 4.26. The number of aryl methyl sites for hydroxylation is 1. The van der Waals surface area contributed by atoms with Crippen molar-refractivity contribution in [2.24, 2.45) is 12.1 Å². The van der Waals surface area contributed by atoms with Crippen LogP contribution in [0.4, 0.5) is 9.52 Å². The van der Waals surface area contributed by atoms with Crippen molar-refractivity contribution in [3.63, 3.8) is 0 Å². The topological polar surface area (TPSA) is 42.2 Å². The summed E-state index contributed by atoms with van der Waals surface area (Å²) in [5.74, 6) is -0.252. The summed E-state index contributed by atoms with van der Waals surface area (Å²) in [5, 5.41) is 8.15. The number of fused-ring (bicyclic) bond motifs is 1. The van der Waals surface area contributed by atoms with Crippen molar-refractivity contribution in [3.05, 3.63) is 71.0 Å². The van der Waals surface area contributed by atoms with Crippen LogP contribution in [0.25, 0.3) is 22.2 Å². The molecule has 0 spiro atoms. The molecule has 0 aliphatic carbocycles. The molecule has 1 N–H and O–H groups in total. The highest BCUT2D eigenvalue weighted by Crippen LogP contribution is 2.26. The largest absolute Gasteiger partial charge is 0.347 e. The summed E-state index contributed by atoms with van der Waals surface area (Å²) in [5.41, 5.74) is 8.09. The zero-order valence-corrected chi connectivity index (χ0v) is 15.2. The van der Waals surface area contributed by atoms with E-state index >= 15 is 0 Å². The van der Waals surface area contributed by atoms with Crippen LogP contribution in [0.1, 0.15) is 11.3 Å². The van der Waals surface area contributed by atoms with Crippen LogP contribution in [0.15, 0.2) is 59.0 Å². The molecule has 2 heterocycles. The number of nitrogens with zero attached hydrogens (tertiary/aromatic N) is 3. The van der Waals surface area contributed by atoms with Crippen molar-refractivity contribution in [2.75, 3.05) is 5.43 Å². The monoisotopic (exact) mass is 364 g/mol. The Morgan fingerprint density at radius 1 is 1.15 bits per heavy atom. The lowest BCUT2D eigenvalue weighted by Gasteiger charge is -1.98. The predicted molar refractivity (Wildman–Crippen MR) is 106 cm³/mol. The first kappa shape index (κ1) is 16.5. The van der Waals surface area contributed by atoms with Gasteiger partial charge in [0.15, 0.2) is 0 Å². The van der Waals surface area contributed by atoms with Crippen molar-refractivity contribution in [1.82, 2.24) is 9.55 Å². The minimum Gasteiger partial charge on any atom is -0.347 e. The van der Waals surface area contributed by atoms with E-state index in [-0.39, 0.29) is 5.82 Å². The first-order chi connectivity index (χ1) is 12.6. The lowest BCUT2D eigenvalue weighted by atomic mass is 10.1. The van der Waals surface area contributed by atoms with Crippen LogP contribution in [-0.2, 0) is 7.05 Å². The van der Waals surface area contributed by atoms with Crippen LogP contribution < -0.4 is 5.43 Å². The van der Waals surface area contributed by atoms with Crippen molar-refractivity contribution in [1.29, 1.82) is 0 Å². The Hall–Kier alpha value is -2.99. The minimum absolute atomic E-state index is 0.252. The van der Waals surface area contributed by atoms with Crippen molar-refractivity contribution >= 4 is 33.6 Å². The molecular formula is C20H17FN4S. The maximum Gasteiger partial charge on any atom is 0.203 e. The number of hydrogen-bond donors (Lipinski definition) is 1. The number of halogens is 1. The highest BCUT2D eigenvalue weighted by atomic mass is 32.1. The Bertz CT molecular complexity index is 1090. The number of rotatable bonds is 4. The Morgan fingerprint density at radius 2 is 1.92 bits per heavy atom. The first-order valence-electron chi connectivity index (χ1n) is 8.18. The molecule has 4 nitrogen and oxygen atoms in total. The molecule has 0 bridgehead atoms. The molecule has 4 aromatic rings. The molecule has 2 aromatic carbocycles. The van der Waals surface area contributed by atoms with Gasteiger partial charge in [-0.25, -0.2) is 9.37 Å². The third-order valence-corrected chi connectivity index (χ3v) is 5.19. The van der Waals surface area contributed by atoms with E-state index in [2.05, 4.69) is 46.2 Å². The molecule has 4 rings (SSSR count). The van der Waals surface area contributed by atoms with Crippen LogP contribution in [0, 0.1) is 12.7 Å². The second kappa shape index (κ2) is 6.72. The Morgan fingerprint density at radius 3 is 2.73 bits per heavy atom. The summed E-state index contributed by atoms with van der Waals surface area (Å²) in [6.45, 7) is 2.08. The average molecular weight is 364 g/mol. The van der Waals surface area contributed by atoms with Crippen LogP contribution in [-0.4, -0.2) is 15.8 Å². The van der Waals surface area contributed by atoms with Crippen LogP contribution >= 0.6 is 11.3 Å². The van der Waals surface area contributed by atoms with Gasteiger partial charge in [0.1, 0.15) is 5.82 Å². The van der Waals surface area contributed by atoms with Gasteiger partial charge in [-0.3, -0.25) is 5.43 Å². The Balaban J connectivity index is 1.55. The molecule has 0 fully saturated rings. The van der Waals surface area contributed by atoms with E-state index in [4.69, 9.17) is 0 Å². The second-order valence-electron chi connectivity index (χ2n) is 5.99. The molecule has 0 aliphatic heterocycles. The van der Waals surface area contributed by atoms with Crippen molar-refractivity contribution in [2.45, 2.75) is 6.92 Å². The number of hydrogen-bond acceptors (Lipinski definition) is 4. The van der Waals surface area contributed by atoms with E-state index in [1.807, 2.05) is 23.7 Å². The molecule has 2 aromatic heterocycles. The standard InChI is InChI=1S/C20H17FN4S/c1-13-17(16-5-3-4-6-19(16)25(13)2)11-22-24-20-23-18(12-26-20)14-7-9-15(21)10-8-14/h3-12H,1-2H3,(H,23,24)/b22-11-. The van der Waals surface area contributed by atoms with Gasteiger partial charge in [-0.15, -0.1) is 11.3 Å². The summed E-state index contributed by atoms with van der Waals surface area (Å²) in [6.07, 6.45) is 1.83. The molecule has 0 saturated carbocycles. The third-order valence-electron chi connectivity index (χ3n) is 4.45. The van der Waals surface area contributed by atoms with Crippen molar-refractivity contribution < 1.29 is 4.39 Å². The van der Waals surface area contributed by atoms with E-state index in [1.165, 1.54) is 34.4 Å². The molecule has 130 valence electrons. The lowest BCUT2D eigenvalue weighted by Crippen LogP contribution is -1.94. The van der Waals surface area contributed by atoms with E-state index < -0.39 is 0 Å². The lowest BCUT2D eigenvalue weighted by molar-refractivity contribution is 0.628. The number of aromatic nitrogens is 2. The number of benzene rings is 2. The van der Waals surface area contributed by atoms with E-state index in [0.717, 1.165) is 22.5 Å². The van der Waals surface area contributed by atoms with Gasteiger partial charge in [0.25, 0.3) is 0 Å². The first-order valence-corrected chi connectivity index (χ1v) is 9.06. The molecule has 0 atom stereocenters. The summed E-state index contributed by atoms with van der Waals surface area (Å²) in [6, 6.07) is 14.6. The number of anilines is 1. The van der Waals surface area contributed by atoms with Gasteiger partial charge in [-0.2, -0.15) is 5.10 Å². The third kappa shape index (κ3) is 2.99. The van der Waals surface area contributed by atoms with Gasteiger partial charge in [0.05, 0.1) is 11.9 Å². The number of nitrogens with one attached hydrogen (secondary N) is 1. The summed E-state index contributed by atoms with van der Waals surface area (Å²) in [7, 11) is 2.05. The molecule has 0 aliphatic rings. The van der Waals surface area contributed by atoms with Gasteiger partial charge in [0.2, 0.25) is 5.13 Å². The van der Waals surface area contributed by atoms with Crippen LogP contribution in [0.5, 0.6) is 0 Å². The fraction of sp³-hybridized carbons (Fsp3) is 0.100. The number of thiazole rings is 1. The predicted octanol–water partition coefficient (Wildman–Crippen LogP) is 5.20.